The Morgan fingerprint density at radius 1 is 1.22 bits per heavy atom. The Morgan fingerprint density at radius 2 is 1.96 bits per heavy atom. The molecule has 1 aliphatic rings. The predicted molar refractivity (Wildman–Crippen MR) is 85.2 cm³/mol. The van der Waals surface area contributed by atoms with Crippen molar-refractivity contribution in [1.82, 2.24) is 0 Å². The number of carbonyl (C=O) groups is 3. The van der Waals surface area contributed by atoms with Crippen molar-refractivity contribution in [3.8, 4) is 0 Å². The van der Waals surface area contributed by atoms with Crippen molar-refractivity contribution in [1.29, 1.82) is 0 Å². The quantitative estimate of drug-likeness (QED) is 0.800. The normalized spacial score (nSPS) is 19.7. The van der Waals surface area contributed by atoms with Gasteiger partial charge in [-0.25, -0.2) is 0 Å². The van der Waals surface area contributed by atoms with Crippen LogP contribution >= 0.6 is 11.3 Å². The van der Waals surface area contributed by atoms with E-state index in [1.54, 1.807) is 41.8 Å². The lowest BCUT2D eigenvalue weighted by Crippen LogP contribution is -2.44. The van der Waals surface area contributed by atoms with Gasteiger partial charge in [-0.1, -0.05) is 24.3 Å². The number of aliphatic hydroxyl groups is 1. The number of primary amides is 1. The first-order valence-electron chi connectivity index (χ1n) is 6.92. The van der Waals surface area contributed by atoms with E-state index in [1.165, 1.54) is 11.3 Å². The summed E-state index contributed by atoms with van der Waals surface area (Å²) in [5.74, 6) is -1.73. The lowest BCUT2D eigenvalue weighted by atomic mass is 9.89. The predicted octanol–water partition coefficient (Wildman–Crippen LogP) is 1.04. The second kappa shape index (κ2) is 5.60. The van der Waals surface area contributed by atoms with Crippen LogP contribution in [0.4, 0.5) is 5.69 Å². The SMILES string of the molecule is NC(=O)CN1C(=O)[C@@](O)(CC(=O)c2cccs2)c2ccccc21. The molecule has 0 unspecified atom stereocenters. The largest absolute Gasteiger partial charge is 0.375 e. The van der Waals surface area contributed by atoms with Crippen molar-refractivity contribution in [3.05, 3.63) is 52.2 Å². The number of anilines is 1. The van der Waals surface area contributed by atoms with Crippen LogP contribution in [-0.2, 0) is 15.2 Å². The second-order valence-corrected chi connectivity index (χ2v) is 6.26. The van der Waals surface area contributed by atoms with Gasteiger partial charge in [0.05, 0.1) is 17.0 Å². The summed E-state index contributed by atoms with van der Waals surface area (Å²) in [6.45, 7) is -0.342. The molecule has 0 saturated heterocycles. The molecule has 2 heterocycles. The highest BCUT2D eigenvalue weighted by molar-refractivity contribution is 7.12. The van der Waals surface area contributed by atoms with E-state index in [0.717, 1.165) is 4.90 Å². The number of thiophene rings is 1. The van der Waals surface area contributed by atoms with E-state index < -0.39 is 17.4 Å². The Kier molecular flexibility index (Phi) is 3.75. The Labute approximate surface area is 136 Å². The van der Waals surface area contributed by atoms with Gasteiger partial charge in [0.1, 0.15) is 6.54 Å². The number of hydrogen-bond acceptors (Lipinski definition) is 5. The molecule has 7 heteroatoms. The molecular formula is C16H14N2O4S. The molecule has 1 aromatic heterocycles. The zero-order valence-electron chi connectivity index (χ0n) is 12.1. The van der Waals surface area contributed by atoms with Crippen LogP contribution in [-0.4, -0.2) is 29.2 Å². The summed E-state index contributed by atoms with van der Waals surface area (Å²) in [5.41, 5.74) is 3.92. The summed E-state index contributed by atoms with van der Waals surface area (Å²) in [4.78, 5) is 37.8. The molecule has 0 aliphatic carbocycles. The van der Waals surface area contributed by atoms with Crippen molar-refractivity contribution in [2.75, 3.05) is 11.4 Å². The summed E-state index contributed by atoms with van der Waals surface area (Å²) in [7, 11) is 0. The first-order valence-corrected chi connectivity index (χ1v) is 7.80. The lowest BCUT2D eigenvalue weighted by Gasteiger charge is -2.21. The van der Waals surface area contributed by atoms with Gasteiger partial charge in [0.15, 0.2) is 11.4 Å². The summed E-state index contributed by atoms with van der Waals surface area (Å²) in [6.07, 6.45) is -0.376. The fourth-order valence-electron chi connectivity index (χ4n) is 2.75. The first-order chi connectivity index (χ1) is 10.9. The summed E-state index contributed by atoms with van der Waals surface area (Å²) in [6, 6.07) is 9.92. The van der Waals surface area contributed by atoms with Crippen LogP contribution in [0, 0.1) is 0 Å². The van der Waals surface area contributed by atoms with Crippen molar-refractivity contribution in [2.24, 2.45) is 5.73 Å². The van der Waals surface area contributed by atoms with Crippen LogP contribution in [0.15, 0.2) is 41.8 Å². The van der Waals surface area contributed by atoms with Crippen molar-refractivity contribution < 1.29 is 19.5 Å². The van der Waals surface area contributed by atoms with E-state index >= 15 is 0 Å². The van der Waals surface area contributed by atoms with Crippen LogP contribution in [0.2, 0.25) is 0 Å². The fourth-order valence-corrected chi connectivity index (χ4v) is 3.41. The number of rotatable bonds is 5. The van der Waals surface area contributed by atoms with E-state index in [1.807, 2.05) is 0 Å². The monoisotopic (exact) mass is 330 g/mol. The van der Waals surface area contributed by atoms with Gasteiger partial charge in [-0.05, 0) is 17.5 Å². The molecule has 1 atom stereocenters. The highest BCUT2D eigenvalue weighted by Gasteiger charge is 2.51. The third kappa shape index (κ3) is 2.54. The lowest BCUT2D eigenvalue weighted by molar-refractivity contribution is -0.136. The Hall–Kier alpha value is -2.51. The van der Waals surface area contributed by atoms with Crippen molar-refractivity contribution in [2.45, 2.75) is 12.0 Å². The Bertz CT molecular complexity index is 787. The Balaban J connectivity index is 1.99. The van der Waals surface area contributed by atoms with Crippen LogP contribution in [0.25, 0.3) is 0 Å². The maximum absolute atomic E-state index is 12.6. The fraction of sp³-hybridized carbons (Fsp3) is 0.188. The standard InChI is InChI=1S/C16H14N2O4S/c17-14(20)9-18-11-5-2-1-4-10(11)16(22,15(18)21)8-12(19)13-6-3-7-23-13/h1-7,22H,8-9H2,(H2,17,20)/t16-/m1/s1. The smallest absolute Gasteiger partial charge is 0.264 e. The van der Waals surface area contributed by atoms with Gasteiger partial charge in [0.25, 0.3) is 5.91 Å². The molecule has 0 radical (unpaired) electrons. The number of Topliss-reactive ketones (excluding diaryl/α,β-unsaturated/α-hetero) is 1. The molecule has 6 nitrogen and oxygen atoms in total. The number of benzene rings is 1. The Morgan fingerprint density at radius 3 is 2.61 bits per heavy atom. The molecule has 1 aromatic carbocycles. The maximum Gasteiger partial charge on any atom is 0.264 e. The van der Waals surface area contributed by atoms with Gasteiger partial charge in [0.2, 0.25) is 5.91 Å². The molecule has 3 N–H and O–H groups in total. The molecule has 23 heavy (non-hydrogen) atoms. The maximum atomic E-state index is 12.6. The molecule has 118 valence electrons. The second-order valence-electron chi connectivity index (χ2n) is 5.31. The molecule has 1 aliphatic heterocycles. The van der Waals surface area contributed by atoms with E-state index in [2.05, 4.69) is 0 Å². The van der Waals surface area contributed by atoms with Gasteiger partial charge < -0.3 is 10.8 Å². The number of amides is 2. The highest BCUT2D eigenvalue weighted by atomic mass is 32.1. The summed E-state index contributed by atoms with van der Waals surface area (Å²) in [5, 5.41) is 12.7. The van der Waals surface area contributed by atoms with Gasteiger partial charge in [-0.15, -0.1) is 11.3 Å². The zero-order chi connectivity index (χ0) is 16.6. The van der Waals surface area contributed by atoms with Crippen LogP contribution in [0.5, 0.6) is 0 Å². The molecular weight excluding hydrogens is 316 g/mol. The van der Waals surface area contributed by atoms with Crippen molar-refractivity contribution >= 4 is 34.6 Å². The zero-order valence-corrected chi connectivity index (χ0v) is 12.9. The summed E-state index contributed by atoms with van der Waals surface area (Å²) < 4.78 is 0. The molecule has 2 amide bonds. The summed E-state index contributed by atoms with van der Waals surface area (Å²) >= 11 is 1.25. The molecule has 0 saturated carbocycles. The number of nitrogens with two attached hydrogens (primary N) is 1. The van der Waals surface area contributed by atoms with Gasteiger partial charge in [-0.2, -0.15) is 0 Å². The van der Waals surface area contributed by atoms with E-state index in [-0.39, 0.29) is 18.7 Å². The van der Waals surface area contributed by atoms with Crippen molar-refractivity contribution in [3.63, 3.8) is 0 Å². The number of hydrogen-bond donors (Lipinski definition) is 2. The first kappa shape index (κ1) is 15.4. The molecule has 0 fully saturated rings. The average molecular weight is 330 g/mol. The molecule has 0 spiro atoms. The minimum Gasteiger partial charge on any atom is -0.375 e. The number of carbonyl (C=O) groups excluding carboxylic acids is 3. The van der Waals surface area contributed by atoms with Gasteiger partial charge in [0, 0.05) is 5.56 Å². The van der Waals surface area contributed by atoms with E-state index in [9.17, 15) is 19.5 Å². The van der Waals surface area contributed by atoms with Gasteiger partial charge in [-0.3, -0.25) is 19.3 Å². The number of ketones is 1. The molecule has 2 aromatic rings. The highest BCUT2D eigenvalue weighted by Crippen LogP contribution is 2.42. The van der Waals surface area contributed by atoms with Gasteiger partial charge >= 0.3 is 0 Å². The van der Waals surface area contributed by atoms with E-state index in [0.29, 0.717) is 16.1 Å². The topological polar surface area (TPSA) is 101 Å². The van der Waals surface area contributed by atoms with E-state index in [4.69, 9.17) is 5.73 Å². The average Bonchev–Trinajstić information content (AvgIpc) is 3.11. The number of fused-ring (bicyclic) bond motifs is 1. The molecule has 0 bridgehead atoms. The third-order valence-corrected chi connectivity index (χ3v) is 4.68. The minimum absolute atomic E-state index is 0.316. The van der Waals surface area contributed by atoms with Crippen LogP contribution < -0.4 is 10.6 Å². The third-order valence-electron chi connectivity index (χ3n) is 3.77. The van der Waals surface area contributed by atoms with Crippen LogP contribution in [0.3, 0.4) is 0 Å². The number of para-hydroxylation sites is 1. The van der Waals surface area contributed by atoms with Crippen LogP contribution in [0.1, 0.15) is 21.7 Å². The minimum atomic E-state index is -1.98. The molecule has 3 rings (SSSR count). The number of nitrogens with zero attached hydrogens (tertiary/aromatic N) is 1.